The third kappa shape index (κ3) is 0.856. The van der Waals surface area contributed by atoms with Gasteiger partial charge in [0, 0.05) is 6.54 Å². The number of pyridine rings is 1. The fourth-order valence-corrected chi connectivity index (χ4v) is 1.22. The molecule has 0 aromatic carbocycles. The van der Waals surface area contributed by atoms with Crippen molar-refractivity contribution in [2.24, 2.45) is 0 Å². The molecule has 1 aliphatic rings. The third-order valence-electron chi connectivity index (χ3n) is 1.74. The minimum absolute atomic E-state index is 1.08. The monoisotopic (exact) mass is 133 g/mol. The zero-order chi connectivity index (χ0) is 6.81. The molecule has 0 aliphatic carbocycles. The largest absolute Gasteiger partial charge is 0.384 e. The van der Waals surface area contributed by atoms with Crippen LogP contribution in [0.2, 0.25) is 0 Å². The van der Waals surface area contributed by atoms with Crippen LogP contribution in [0, 0.1) is 6.20 Å². The average molecular weight is 133 g/mol. The van der Waals surface area contributed by atoms with Gasteiger partial charge in [0.15, 0.2) is 0 Å². The molecule has 2 heteroatoms. The van der Waals surface area contributed by atoms with Gasteiger partial charge >= 0.3 is 0 Å². The summed E-state index contributed by atoms with van der Waals surface area (Å²) in [6, 6.07) is 3.87. The zero-order valence-corrected chi connectivity index (χ0v) is 5.72. The molecule has 0 fully saturated rings. The van der Waals surface area contributed by atoms with Crippen LogP contribution < -0.4 is 5.32 Å². The molecule has 2 rings (SSSR count). The van der Waals surface area contributed by atoms with E-state index in [2.05, 4.69) is 16.5 Å². The Bertz CT molecular complexity index is 207. The van der Waals surface area contributed by atoms with E-state index in [4.69, 9.17) is 0 Å². The summed E-state index contributed by atoms with van der Waals surface area (Å²) < 4.78 is 0. The molecule has 1 aromatic heterocycles. The van der Waals surface area contributed by atoms with Gasteiger partial charge in [0.2, 0.25) is 0 Å². The second-order valence-electron chi connectivity index (χ2n) is 2.46. The van der Waals surface area contributed by atoms with Crippen LogP contribution in [0.1, 0.15) is 12.1 Å². The Morgan fingerprint density at radius 3 is 3.50 bits per heavy atom. The molecule has 0 bridgehead atoms. The van der Waals surface area contributed by atoms with Crippen LogP contribution in [0.3, 0.4) is 0 Å². The smallest absolute Gasteiger partial charge is 0.0891 e. The van der Waals surface area contributed by atoms with Crippen molar-refractivity contribution in [2.75, 3.05) is 11.9 Å². The molecule has 0 spiro atoms. The number of nitrogens with one attached hydrogen (secondary N) is 1. The van der Waals surface area contributed by atoms with Crippen LogP contribution in [0.4, 0.5) is 5.69 Å². The number of fused-ring (bicyclic) bond motifs is 1. The van der Waals surface area contributed by atoms with Crippen molar-refractivity contribution in [2.45, 2.75) is 12.8 Å². The fourth-order valence-electron chi connectivity index (χ4n) is 1.22. The van der Waals surface area contributed by atoms with E-state index in [1.807, 2.05) is 12.1 Å². The zero-order valence-electron chi connectivity index (χ0n) is 5.72. The van der Waals surface area contributed by atoms with Gasteiger partial charge in [-0.1, -0.05) is 0 Å². The molecule has 2 nitrogen and oxygen atoms in total. The first-order valence-corrected chi connectivity index (χ1v) is 3.57. The highest BCUT2D eigenvalue weighted by Crippen LogP contribution is 2.17. The molecular formula is C8H9N2. The Hall–Kier alpha value is -1.05. The number of hydrogen-bond acceptors (Lipinski definition) is 2. The van der Waals surface area contributed by atoms with E-state index in [-0.39, 0.29) is 0 Å². The minimum atomic E-state index is 1.08. The van der Waals surface area contributed by atoms with E-state index < -0.39 is 0 Å². The highest BCUT2D eigenvalue weighted by molar-refractivity contribution is 5.48. The summed E-state index contributed by atoms with van der Waals surface area (Å²) >= 11 is 0. The van der Waals surface area contributed by atoms with E-state index in [1.54, 1.807) is 0 Å². The normalized spacial score (nSPS) is 15.6. The highest BCUT2D eigenvalue weighted by atomic mass is 14.9. The molecule has 1 aliphatic heterocycles. The van der Waals surface area contributed by atoms with Gasteiger partial charge in [0.05, 0.1) is 17.6 Å². The van der Waals surface area contributed by atoms with Crippen molar-refractivity contribution < 1.29 is 0 Å². The topological polar surface area (TPSA) is 24.9 Å². The number of aromatic nitrogens is 1. The molecule has 10 heavy (non-hydrogen) atoms. The Kier molecular flexibility index (Phi) is 1.31. The number of hydrogen-bond donors (Lipinski definition) is 1. The van der Waals surface area contributed by atoms with Crippen molar-refractivity contribution in [1.29, 1.82) is 0 Å². The molecule has 0 saturated heterocycles. The van der Waals surface area contributed by atoms with Gasteiger partial charge in [-0.05, 0) is 25.0 Å². The molecule has 0 atom stereocenters. The number of rotatable bonds is 0. The molecule has 1 radical (unpaired) electrons. The Labute approximate surface area is 60.3 Å². The Morgan fingerprint density at radius 1 is 1.60 bits per heavy atom. The van der Waals surface area contributed by atoms with E-state index in [9.17, 15) is 0 Å². The molecule has 0 amide bonds. The standard InChI is InChI=1S/C8H9N2/c1-3-7-8(9-5-1)4-2-6-10-7/h1,3,10H,2,4,6H2. The second kappa shape index (κ2) is 2.29. The van der Waals surface area contributed by atoms with Crippen molar-refractivity contribution in [3.8, 4) is 0 Å². The van der Waals surface area contributed by atoms with E-state index in [0.29, 0.717) is 0 Å². The van der Waals surface area contributed by atoms with E-state index in [1.165, 1.54) is 12.1 Å². The maximum absolute atomic E-state index is 4.13. The first-order valence-electron chi connectivity index (χ1n) is 3.57. The summed E-state index contributed by atoms with van der Waals surface area (Å²) in [5, 5.41) is 3.28. The Balaban J connectivity index is 2.41. The summed E-state index contributed by atoms with van der Waals surface area (Å²) in [5.74, 6) is 0. The molecule has 1 N–H and O–H groups in total. The van der Waals surface area contributed by atoms with E-state index >= 15 is 0 Å². The molecule has 0 saturated carbocycles. The number of aryl methyl sites for hydroxylation is 1. The number of anilines is 1. The van der Waals surface area contributed by atoms with Gasteiger partial charge in [-0.3, -0.25) is 0 Å². The first kappa shape index (κ1) is 5.71. The van der Waals surface area contributed by atoms with Gasteiger partial charge in [-0.25, -0.2) is 4.98 Å². The predicted molar refractivity (Wildman–Crippen MR) is 39.9 cm³/mol. The average Bonchev–Trinajstić information content (AvgIpc) is 2.05. The van der Waals surface area contributed by atoms with Crippen molar-refractivity contribution in [3.05, 3.63) is 24.0 Å². The fraction of sp³-hybridized carbons (Fsp3) is 0.375. The molecule has 2 heterocycles. The van der Waals surface area contributed by atoms with Crippen molar-refractivity contribution in [3.63, 3.8) is 0 Å². The van der Waals surface area contributed by atoms with Gasteiger partial charge in [-0.15, -0.1) is 0 Å². The van der Waals surface area contributed by atoms with Crippen LogP contribution in [0.15, 0.2) is 12.1 Å². The first-order chi connectivity index (χ1) is 4.97. The summed E-state index contributed by atoms with van der Waals surface area (Å²) in [4.78, 5) is 4.13. The summed E-state index contributed by atoms with van der Waals surface area (Å²) in [6.45, 7) is 1.08. The van der Waals surface area contributed by atoms with Crippen LogP contribution in [0.25, 0.3) is 0 Å². The van der Waals surface area contributed by atoms with E-state index in [0.717, 1.165) is 18.7 Å². The third-order valence-corrected chi connectivity index (χ3v) is 1.74. The summed E-state index contributed by atoms with van der Waals surface area (Å²) in [6.07, 6.45) is 5.12. The van der Waals surface area contributed by atoms with Gasteiger partial charge < -0.3 is 5.32 Å². The quantitative estimate of drug-likeness (QED) is 0.576. The minimum Gasteiger partial charge on any atom is -0.384 e. The maximum atomic E-state index is 4.13. The lowest BCUT2D eigenvalue weighted by atomic mass is 10.1. The SMILES string of the molecule is [c]1ccc2c(n1)CCCN2. The summed E-state index contributed by atoms with van der Waals surface area (Å²) in [7, 11) is 0. The van der Waals surface area contributed by atoms with Gasteiger partial charge in [-0.2, -0.15) is 0 Å². The highest BCUT2D eigenvalue weighted by Gasteiger charge is 2.06. The lowest BCUT2D eigenvalue weighted by molar-refractivity contribution is 0.801. The molecule has 51 valence electrons. The van der Waals surface area contributed by atoms with Crippen molar-refractivity contribution >= 4 is 5.69 Å². The van der Waals surface area contributed by atoms with Gasteiger partial charge in [0.1, 0.15) is 0 Å². The maximum Gasteiger partial charge on any atom is 0.0891 e. The lowest BCUT2D eigenvalue weighted by Gasteiger charge is -2.15. The number of nitrogens with zero attached hydrogens (tertiary/aromatic N) is 1. The Morgan fingerprint density at radius 2 is 2.60 bits per heavy atom. The molecular weight excluding hydrogens is 124 g/mol. The summed E-state index contributed by atoms with van der Waals surface area (Å²) in [5.41, 5.74) is 2.35. The van der Waals surface area contributed by atoms with Crippen LogP contribution in [-0.2, 0) is 6.42 Å². The van der Waals surface area contributed by atoms with Crippen LogP contribution >= 0.6 is 0 Å². The van der Waals surface area contributed by atoms with Crippen molar-refractivity contribution in [1.82, 2.24) is 4.98 Å². The van der Waals surface area contributed by atoms with Crippen LogP contribution in [0.5, 0.6) is 0 Å². The predicted octanol–water partition coefficient (Wildman–Crippen LogP) is 1.24. The second-order valence-corrected chi connectivity index (χ2v) is 2.46. The van der Waals surface area contributed by atoms with Gasteiger partial charge in [0.25, 0.3) is 0 Å². The lowest BCUT2D eigenvalue weighted by Crippen LogP contribution is -2.12. The molecule has 0 unspecified atom stereocenters. The molecule has 1 aromatic rings. The van der Waals surface area contributed by atoms with Crippen LogP contribution in [-0.4, -0.2) is 11.5 Å².